The number of hydrogen-bond donors (Lipinski definition) is 4. The van der Waals surface area contributed by atoms with Gasteiger partial charge in [-0.25, -0.2) is 14.7 Å². The maximum Gasteiger partial charge on any atom is 0.411 e. The van der Waals surface area contributed by atoms with Crippen molar-refractivity contribution in [2.75, 3.05) is 12.4 Å². The van der Waals surface area contributed by atoms with Crippen LogP contribution in [0.4, 0.5) is 10.5 Å². The minimum Gasteiger partial charge on any atom is -0.496 e. The lowest BCUT2D eigenvalue weighted by molar-refractivity contribution is 0.0980. The number of methoxy groups -OCH3 is 1. The highest BCUT2D eigenvalue weighted by Gasteiger charge is 2.22. The average Bonchev–Trinajstić information content (AvgIpc) is 3.62. The molecule has 11 heteroatoms. The van der Waals surface area contributed by atoms with Gasteiger partial charge in [0.05, 0.1) is 7.11 Å². The van der Waals surface area contributed by atoms with E-state index in [9.17, 15) is 18.0 Å². The Hall–Kier alpha value is -4.35. The fourth-order valence-corrected chi connectivity index (χ4v) is 5.36. The van der Waals surface area contributed by atoms with Crippen molar-refractivity contribution in [3.63, 3.8) is 0 Å². The maximum atomic E-state index is 12.3. The molecule has 5 rings (SSSR count). The van der Waals surface area contributed by atoms with Crippen molar-refractivity contribution in [3.05, 3.63) is 95.2 Å². The number of carbonyl (C=O) groups is 2. The van der Waals surface area contributed by atoms with Gasteiger partial charge in [-0.3, -0.25) is 10.1 Å². The Morgan fingerprint density at radius 2 is 1.71 bits per heavy atom. The van der Waals surface area contributed by atoms with Crippen LogP contribution in [0, 0.1) is 6.92 Å². The smallest absolute Gasteiger partial charge is 0.411 e. The zero-order valence-corrected chi connectivity index (χ0v) is 24.7. The Labute approximate surface area is 245 Å². The molecule has 3 aromatic carbocycles. The highest BCUT2D eigenvalue weighted by molar-refractivity contribution is 7.87. The lowest BCUT2D eigenvalue weighted by Gasteiger charge is -2.17. The van der Waals surface area contributed by atoms with Gasteiger partial charge in [-0.1, -0.05) is 48.9 Å². The van der Waals surface area contributed by atoms with Gasteiger partial charge < -0.3 is 14.5 Å². The Kier molecular flexibility index (Phi) is 9.87. The minimum atomic E-state index is -4.18. The standard InChI is InChI=1S/C24H28N4O6S.C7H8/c1-14(18-9-7-15(11-22(18)33-2)23(29)28-35(25,31)32)20-13-26-21-10-8-16(12-19(20)21)27-24(30)34-17-5-3-4-6-17;1-7-5-3-2-4-6-7/h7-14,17,26H,3-6H2,1-2H3,(H,27,30)(H,28,29)(H2,25,31,32);2-6H,1H3. The average molecular weight is 593 g/mol. The second-order valence-electron chi connectivity index (χ2n) is 10.3. The first-order chi connectivity index (χ1) is 20.0. The number of hydrogen-bond acceptors (Lipinski definition) is 6. The van der Waals surface area contributed by atoms with Crippen LogP contribution in [0.5, 0.6) is 5.75 Å². The third-order valence-electron chi connectivity index (χ3n) is 7.14. The van der Waals surface area contributed by atoms with Crippen LogP contribution in [0.1, 0.15) is 65.6 Å². The van der Waals surface area contributed by atoms with Gasteiger partial charge in [-0.2, -0.15) is 8.42 Å². The van der Waals surface area contributed by atoms with Crippen LogP contribution in [-0.2, 0) is 14.9 Å². The van der Waals surface area contributed by atoms with E-state index in [-0.39, 0.29) is 17.6 Å². The molecule has 0 radical (unpaired) electrons. The number of aromatic amines is 1. The van der Waals surface area contributed by atoms with E-state index in [1.807, 2.05) is 49.5 Å². The molecular formula is C31H36N4O6S. The van der Waals surface area contributed by atoms with Crippen molar-refractivity contribution >= 4 is 38.8 Å². The number of aryl methyl sites for hydroxylation is 1. The zero-order valence-electron chi connectivity index (χ0n) is 23.8. The van der Waals surface area contributed by atoms with Crippen molar-refractivity contribution in [1.29, 1.82) is 0 Å². The SMILES string of the molecule is COc1cc(C(=O)NS(N)(=O)=O)ccc1C(C)c1c[nH]c2ccc(NC(=O)OC3CCCC3)cc12.Cc1ccccc1. The van der Waals surface area contributed by atoms with Crippen LogP contribution in [-0.4, -0.2) is 38.6 Å². The Bertz CT molecular complexity index is 1650. The normalized spacial score (nSPS) is 14.0. The Morgan fingerprint density at radius 3 is 2.33 bits per heavy atom. The van der Waals surface area contributed by atoms with Crippen molar-refractivity contribution in [2.45, 2.75) is 51.6 Å². The number of aromatic nitrogens is 1. The van der Waals surface area contributed by atoms with E-state index in [0.717, 1.165) is 47.7 Å². The summed E-state index contributed by atoms with van der Waals surface area (Å²) in [6.07, 6.45) is 5.36. The molecule has 4 aromatic rings. The third kappa shape index (κ3) is 8.11. The number of fused-ring (bicyclic) bond motifs is 1. The van der Waals surface area contributed by atoms with Gasteiger partial charge in [0.25, 0.3) is 16.1 Å². The van der Waals surface area contributed by atoms with E-state index in [1.54, 1.807) is 10.8 Å². The zero-order chi connectivity index (χ0) is 30.3. The highest BCUT2D eigenvalue weighted by Crippen LogP contribution is 2.36. The number of benzene rings is 3. The van der Waals surface area contributed by atoms with Crippen LogP contribution in [0.2, 0.25) is 0 Å². The summed E-state index contributed by atoms with van der Waals surface area (Å²) in [5.74, 6) is -0.588. The highest BCUT2D eigenvalue weighted by atomic mass is 32.2. The van der Waals surface area contributed by atoms with Gasteiger partial charge >= 0.3 is 6.09 Å². The molecule has 1 atom stereocenters. The van der Waals surface area contributed by atoms with Crippen LogP contribution in [0.25, 0.3) is 10.9 Å². The molecule has 1 heterocycles. The number of carbonyl (C=O) groups excluding carboxylic acids is 2. The third-order valence-corrected chi connectivity index (χ3v) is 7.61. The molecule has 5 N–H and O–H groups in total. The number of rotatable bonds is 7. The molecule has 0 saturated heterocycles. The lowest BCUT2D eigenvalue weighted by atomic mass is 9.91. The molecule has 1 unspecified atom stereocenters. The summed E-state index contributed by atoms with van der Waals surface area (Å²) in [6.45, 7) is 4.07. The topological polar surface area (TPSA) is 153 Å². The largest absolute Gasteiger partial charge is 0.496 e. The first-order valence-corrected chi connectivity index (χ1v) is 15.2. The molecule has 0 bridgehead atoms. The van der Waals surface area contributed by atoms with E-state index >= 15 is 0 Å². The number of nitrogens with two attached hydrogens (primary N) is 1. The summed E-state index contributed by atoms with van der Waals surface area (Å²) >= 11 is 0. The number of H-pyrrole nitrogens is 1. The summed E-state index contributed by atoms with van der Waals surface area (Å²) in [7, 11) is -2.71. The second kappa shape index (κ2) is 13.5. The first kappa shape index (κ1) is 30.6. The van der Waals surface area contributed by atoms with Gasteiger partial charge in [0.15, 0.2) is 0 Å². The summed E-state index contributed by atoms with van der Waals surface area (Å²) in [4.78, 5) is 27.7. The summed E-state index contributed by atoms with van der Waals surface area (Å²) in [6, 6.07) is 20.5. The van der Waals surface area contributed by atoms with Gasteiger partial charge in [-0.05, 0) is 68.5 Å². The lowest BCUT2D eigenvalue weighted by Crippen LogP contribution is -2.36. The van der Waals surface area contributed by atoms with Gasteiger partial charge in [0.1, 0.15) is 11.9 Å². The van der Waals surface area contributed by atoms with Crippen molar-refractivity contribution in [2.24, 2.45) is 5.14 Å². The predicted octanol–water partition coefficient (Wildman–Crippen LogP) is 5.75. The molecule has 10 nitrogen and oxygen atoms in total. The number of ether oxygens (including phenoxy) is 2. The maximum absolute atomic E-state index is 12.3. The van der Waals surface area contributed by atoms with E-state index in [1.165, 1.54) is 24.8 Å². The monoisotopic (exact) mass is 592 g/mol. The van der Waals surface area contributed by atoms with Crippen LogP contribution in [0.15, 0.2) is 72.9 Å². The molecule has 1 aromatic heterocycles. The first-order valence-electron chi connectivity index (χ1n) is 13.7. The number of anilines is 1. The van der Waals surface area contributed by atoms with E-state index in [0.29, 0.717) is 11.4 Å². The van der Waals surface area contributed by atoms with Gasteiger partial charge in [0, 0.05) is 39.8 Å². The van der Waals surface area contributed by atoms with Crippen LogP contribution >= 0.6 is 0 Å². The van der Waals surface area contributed by atoms with E-state index in [2.05, 4.69) is 29.4 Å². The molecular weight excluding hydrogens is 556 g/mol. The molecule has 1 fully saturated rings. The fourth-order valence-electron chi connectivity index (χ4n) is 4.98. The van der Waals surface area contributed by atoms with Gasteiger partial charge in [0.2, 0.25) is 0 Å². The Balaban J connectivity index is 0.000000507. The molecule has 1 saturated carbocycles. The number of amides is 2. The van der Waals surface area contributed by atoms with Gasteiger partial charge in [-0.15, -0.1) is 0 Å². The van der Waals surface area contributed by atoms with Crippen molar-refractivity contribution < 1.29 is 27.5 Å². The van der Waals surface area contributed by atoms with Crippen LogP contribution in [0.3, 0.4) is 0 Å². The minimum absolute atomic E-state index is 0.0240. The predicted molar refractivity (Wildman–Crippen MR) is 163 cm³/mol. The van der Waals surface area contributed by atoms with Crippen molar-refractivity contribution in [3.8, 4) is 5.75 Å². The molecule has 1 aliphatic carbocycles. The van der Waals surface area contributed by atoms with Crippen molar-refractivity contribution in [1.82, 2.24) is 9.71 Å². The Morgan fingerprint density at radius 1 is 1.00 bits per heavy atom. The fraction of sp³-hybridized carbons (Fsp3) is 0.290. The van der Waals surface area contributed by atoms with Crippen LogP contribution < -0.4 is 19.9 Å². The summed E-state index contributed by atoms with van der Waals surface area (Å²) < 4.78 is 35.1. The molecule has 2 amide bonds. The second-order valence-corrected chi connectivity index (χ2v) is 11.5. The quantitative estimate of drug-likeness (QED) is 0.214. The summed E-state index contributed by atoms with van der Waals surface area (Å²) in [5.41, 5.74) is 4.67. The van der Waals surface area contributed by atoms with E-state index in [4.69, 9.17) is 14.6 Å². The summed E-state index contributed by atoms with van der Waals surface area (Å²) in [5, 5.41) is 8.62. The van der Waals surface area contributed by atoms with E-state index < -0.39 is 22.2 Å². The molecule has 1 aliphatic rings. The molecule has 0 spiro atoms. The molecule has 42 heavy (non-hydrogen) atoms. The molecule has 0 aliphatic heterocycles. The number of nitrogens with one attached hydrogen (secondary N) is 3. The molecule has 222 valence electrons.